The number of nitro groups is 1. The van der Waals surface area contributed by atoms with Crippen molar-refractivity contribution < 1.29 is 9.66 Å². The van der Waals surface area contributed by atoms with E-state index in [0.29, 0.717) is 25.0 Å². The van der Waals surface area contributed by atoms with Gasteiger partial charge in [-0.05, 0) is 24.4 Å². The van der Waals surface area contributed by atoms with Crippen molar-refractivity contribution in [3.05, 3.63) is 33.9 Å². The molecule has 20 heavy (non-hydrogen) atoms. The van der Waals surface area contributed by atoms with Gasteiger partial charge in [0, 0.05) is 24.2 Å². The molecule has 0 aromatic heterocycles. The summed E-state index contributed by atoms with van der Waals surface area (Å²) in [6, 6.07) is 4.76. The van der Waals surface area contributed by atoms with Gasteiger partial charge < -0.3 is 10.1 Å². The second kappa shape index (κ2) is 7.85. The number of benzene rings is 1. The van der Waals surface area contributed by atoms with Crippen LogP contribution in [-0.4, -0.2) is 18.1 Å². The van der Waals surface area contributed by atoms with Crippen LogP contribution in [0.4, 0.5) is 5.69 Å². The number of ether oxygens (including phenoxy) is 1. The Morgan fingerprint density at radius 3 is 2.50 bits per heavy atom. The Morgan fingerprint density at radius 2 is 1.95 bits per heavy atom. The standard InChI is InChI=1S/C15H24N2O3/c1-11(2)8-16-9-13-7-14(17(18)19)5-6-15(13)20-10-12(3)4/h5-7,11-12,16H,8-10H2,1-4H3. The van der Waals surface area contributed by atoms with Gasteiger partial charge in [0.05, 0.1) is 11.5 Å². The monoisotopic (exact) mass is 280 g/mol. The summed E-state index contributed by atoms with van der Waals surface area (Å²) in [4.78, 5) is 10.5. The second-order valence-corrected chi connectivity index (χ2v) is 5.78. The number of hydrogen-bond donors (Lipinski definition) is 1. The van der Waals surface area contributed by atoms with E-state index < -0.39 is 0 Å². The van der Waals surface area contributed by atoms with Gasteiger partial charge in [0.2, 0.25) is 0 Å². The summed E-state index contributed by atoms with van der Waals surface area (Å²) < 4.78 is 5.73. The molecule has 1 rings (SSSR count). The first-order chi connectivity index (χ1) is 9.40. The van der Waals surface area contributed by atoms with Gasteiger partial charge in [0.15, 0.2) is 0 Å². The number of nitrogens with one attached hydrogen (secondary N) is 1. The van der Waals surface area contributed by atoms with Gasteiger partial charge >= 0.3 is 0 Å². The van der Waals surface area contributed by atoms with Crippen LogP contribution in [-0.2, 0) is 6.54 Å². The maximum atomic E-state index is 10.9. The summed E-state index contributed by atoms with van der Waals surface area (Å²) in [6.45, 7) is 10.4. The molecule has 0 amide bonds. The fourth-order valence-corrected chi connectivity index (χ4v) is 1.71. The van der Waals surface area contributed by atoms with Gasteiger partial charge in [-0.15, -0.1) is 0 Å². The molecule has 1 aromatic rings. The van der Waals surface area contributed by atoms with Crippen molar-refractivity contribution in [2.45, 2.75) is 34.2 Å². The van der Waals surface area contributed by atoms with E-state index in [9.17, 15) is 10.1 Å². The molecule has 0 saturated heterocycles. The Labute approximate surface area is 120 Å². The third-order valence-corrected chi connectivity index (χ3v) is 2.70. The molecule has 112 valence electrons. The lowest BCUT2D eigenvalue weighted by molar-refractivity contribution is -0.384. The second-order valence-electron chi connectivity index (χ2n) is 5.78. The van der Waals surface area contributed by atoms with Crippen molar-refractivity contribution in [3.8, 4) is 5.75 Å². The Bertz CT molecular complexity index is 445. The van der Waals surface area contributed by atoms with E-state index in [2.05, 4.69) is 33.0 Å². The topological polar surface area (TPSA) is 64.4 Å². The highest BCUT2D eigenvalue weighted by Gasteiger charge is 2.12. The molecule has 0 unspecified atom stereocenters. The highest BCUT2D eigenvalue weighted by molar-refractivity contribution is 5.43. The van der Waals surface area contributed by atoms with Crippen LogP contribution in [0.25, 0.3) is 0 Å². The maximum absolute atomic E-state index is 10.9. The van der Waals surface area contributed by atoms with Crippen LogP contribution < -0.4 is 10.1 Å². The summed E-state index contributed by atoms with van der Waals surface area (Å²) in [5, 5.41) is 14.1. The van der Waals surface area contributed by atoms with Crippen molar-refractivity contribution in [2.75, 3.05) is 13.2 Å². The molecule has 0 heterocycles. The third-order valence-electron chi connectivity index (χ3n) is 2.70. The van der Waals surface area contributed by atoms with Crippen LogP contribution >= 0.6 is 0 Å². The Morgan fingerprint density at radius 1 is 1.25 bits per heavy atom. The van der Waals surface area contributed by atoms with Crippen molar-refractivity contribution in [1.29, 1.82) is 0 Å². The minimum absolute atomic E-state index is 0.100. The first kappa shape index (κ1) is 16.4. The van der Waals surface area contributed by atoms with Gasteiger partial charge in [0.25, 0.3) is 5.69 Å². The average molecular weight is 280 g/mol. The quantitative estimate of drug-likeness (QED) is 0.585. The van der Waals surface area contributed by atoms with Gasteiger partial charge in [-0.2, -0.15) is 0 Å². The minimum Gasteiger partial charge on any atom is -0.493 e. The van der Waals surface area contributed by atoms with Crippen LogP contribution in [0.5, 0.6) is 5.75 Å². The molecular weight excluding hydrogens is 256 g/mol. The summed E-state index contributed by atoms with van der Waals surface area (Å²) in [6.07, 6.45) is 0. The zero-order chi connectivity index (χ0) is 15.1. The molecule has 0 spiro atoms. The summed E-state index contributed by atoms with van der Waals surface area (Å²) in [5.41, 5.74) is 0.934. The smallest absolute Gasteiger partial charge is 0.270 e. The van der Waals surface area contributed by atoms with Gasteiger partial charge in [-0.3, -0.25) is 10.1 Å². The molecule has 0 aliphatic heterocycles. The first-order valence-corrected chi connectivity index (χ1v) is 7.01. The fraction of sp³-hybridized carbons (Fsp3) is 0.600. The molecule has 0 aliphatic rings. The number of nitrogens with zero attached hydrogens (tertiary/aromatic N) is 1. The molecule has 5 nitrogen and oxygen atoms in total. The molecule has 0 saturated carbocycles. The molecule has 1 N–H and O–H groups in total. The van der Waals surface area contributed by atoms with E-state index in [-0.39, 0.29) is 10.6 Å². The van der Waals surface area contributed by atoms with Crippen LogP contribution in [0.2, 0.25) is 0 Å². The molecule has 0 fully saturated rings. The Kier molecular flexibility index (Phi) is 6.45. The minimum atomic E-state index is -0.377. The predicted molar refractivity (Wildman–Crippen MR) is 80.0 cm³/mol. The maximum Gasteiger partial charge on any atom is 0.270 e. The third kappa shape index (κ3) is 5.57. The summed E-state index contributed by atoms with van der Waals surface area (Å²) in [7, 11) is 0. The lowest BCUT2D eigenvalue weighted by atomic mass is 10.1. The number of non-ortho nitro benzene ring substituents is 1. The van der Waals surface area contributed by atoms with Crippen molar-refractivity contribution in [1.82, 2.24) is 5.32 Å². The van der Waals surface area contributed by atoms with E-state index in [1.165, 1.54) is 6.07 Å². The highest BCUT2D eigenvalue weighted by Crippen LogP contribution is 2.24. The predicted octanol–water partition coefficient (Wildman–Crippen LogP) is 3.38. The van der Waals surface area contributed by atoms with Crippen LogP contribution in [0.3, 0.4) is 0 Å². The Hall–Kier alpha value is -1.62. The molecule has 0 aliphatic carbocycles. The van der Waals surface area contributed by atoms with Crippen LogP contribution in [0.1, 0.15) is 33.3 Å². The molecule has 0 bridgehead atoms. The molecular formula is C15H24N2O3. The fourth-order valence-electron chi connectivity index (χ4n) is 1.71. The van der Waals surface area contributed by atoms with E-state index in [4.69, 9.17) is 4.74 Å². The lowest BCUT2D eigenvalue weighted by Crippen LogP contribution is -2.19. The van der Waals surface area contributed by atoms with Gasteiger partial charge in [-0.25, -0.2) is 0 Å². The van der Waals surface area contributed by atoms with E-state index >= 15 is 0 Å². The van der Waals surface area contributed by atoms with Crippen molar-refractivity contribution >= 4 is 5.69 Å². The molecule has 1 aromatic carbocycles. The van der Waals surface area contributed by atoms with Crippen LogP contribution in [0.15, 0.2) is 18.2 Å². The molecule has 5 heteroatoms. The zero-order valence-electron chi connectivity index (χ0n) is 12.7. The van der Waals surface area contributed by atoms with E-state index in [1.54, 1.807) is 12.1 Å². The van der Waals surface area contributed by atoms with Crippen molar-refractivity contribution in [3.63, 3.8) is 0 Å². The average Bonchev–Trinajstić information content (AvgIpc) is 2.36. The normalized spacial score (nSPS) is 11.1. The molecule has 0 atom stereocenters. The highest BCUT2D eigenvalue weighted by atomic mass is 16.6. The summed E-state index contributed by atoms with van der Waals surface area (Å²) >= 11 is 0. The van der Waals surface area contributed by atoms with Crippen molar-refractivity contribution in [2.24, 2.45) is 11.8 Å². The first-order valence-electron chi connectivity index (χ1n) is 7.01. The van der Waals surface area contributed by atoms with E-state index in [0.717, 1.165) is 17.9 Å². The summed E-state index contributed by atoms with van der Waals surface area (Å²) in [5.74, 6) is 1.68. The molecule has 0 radical (unpaired) electrons. The van der Waals surface area contributed by atoms with E-state index in [1.807, 2.05) is 0 Å². The number of hydrogen-bond acceptors (Lipinski definition) is 4. The Balaban J connectivity index is 2.82. The number of rotatable bonds is 8. The van der Waals surface area contributed by atoms with Crippen LogP contribution in [0, 0.1) is 22.0 Å². The largest absolute Gasteiger partial charge is 0.493 e. The SMILES string of the molecule is CC(C)CNCc1cc([N+](=O)[O-])ccc1OCC(C)C. The lowest BCUT2D eigenvalue weighted by Gasteiger charge is -2.14. The van der Waals surface area contributed by atoms with Gasteiger partial charge in [-0.1, -0.05) is 27.7 Å². The zero-order valence-corrected chi connectivity index (χ0v) is 12.7. The number of nitro benzene ring substituents is 1. The van der Waals surface area contributed by atoms with Gasteiger partial charge in [0.1, 0.15) is 5.75 Å².